The van der Waals surface area contributed by atoms with Crippen LogP contribution in [0.5, 0.6) is 0 Å². The molecule has 1 heterocycles. The van der Waals surface area contributed by atoms with Crippen molar-refractivity contribution in [3.8, 4) is 0 Å². The molecule has 0 bridgehead atoms. The standard InChI is InChI=1S/C16H29NO4/c1-16(2,3)21-15(18)17-9-10-19-12-14(17)20-11-13-7-5-4-6-8-13/h13-14H,4-12H2,1-3H3. The van der Waals surface area contributed by atoms with Gasteiger partial charge in [0.15, 0.2) is 6.23 Å². The highest BCUT2D eigenvalue weighted by molar-refractivity contribution is 5.68. The lowest BCUT2D eigenvalue weighted by Crippen LogP contribution is -2.51. The molecule has 0 radical (unpaired) electrons. The number of ether oxygens (including phenoxy) is 3. The van der Waals surface area contributed by atoms with Gasteiger partial charge < -0.3 is 14.2 Å². The van der Waals surface area contributed by atoms with Crippen LogP contribution < -0.4 is 0 Å². The molecule has 5 heteroatoms. The van der Waals surface area contributed by atoms with Crippen LogP contribution in [0, 0.1) is 5.92 Å². The Morgan fingerprint density at radius 3 is 2.62 bits per heavy atom. The fourth-order valence-electron chi connectivity index (χ4n) is 2.85. The fraction of sp³-hybridized carbons (Fsp3) is 0.938. The van der Waals surface area contributed by atoms with Gasteiger partial charge in [0, 0.05) is 0 Å². The van der Waals surface area contributed by atoms with Crippen molar-refractivity contribution in [2.45, 2.75) is 64.7 Å². The molecule has 0 aromatic heterocycles. The van der Waals surface area contributed by atoms with Crippen LogP contribution in [0.15, 0.2) is 0 Å². The van der Waals surface area contributed by atoms with Gasteiger partial charge in [-0.2, -0.15) is 0 Å². The molecule has 1 atom stereocenters. The van der Waals surface area contributed by atoms with E-state index in [9.17, 15) is 4.79 Å². The molecule has 0 N–H and O–H groups in total. The van der Waals surface area contributed by atoms with Gasteiger partial charge >= 0.3 is 6.09 Å². The zero-order valence-corrected chi connectivity index (χ0v) is 13.6. The third-order valence-electron chi connectivity index (χ3n) is 3.96. The summed E-state index contributed by atoms with van der Waals surface area (Å²) in [4.78, 5) is 13.9. The third-order valence-corrected chi connectivity index (χ3v) is 3.96. The molecule has 1 aliphatic carbocycles. The lowest BCUT2D eigenvalue weighted by molar-refractivity contribution is -0.141. The second kappa shape index (κ2) is 7.45. The first-order valence-corrected chi connectivity index (χ1v) is 8.15. The first kappa shape index (κ1) is 16.6. The topological polar surface area (TPSA) is 48.0 Å². The Labute approximate surface area is 127 Å². The fourth-order valence-corrected chi connectivity index (χ4v) is 2.85. The van der Waals surface area contributed by atoms with Crippen LogP contribution in [0.25, 0.3) is 0 Å². The molecule has 1 aliphatic heterocycles. The van der Waals surface area contributed by atoms with E-state index >= 15 is 0 Å². The normalized spacial score (nSPS) is 24.9. The number of rotatable bonds is 3. The van der Waals surface area contributed by atoms with Gasteiger partial charge in [-0.1, -0.05) is 19.3 Å². The molecule has 0 spiro atoms. The van der Waals surface area contributed by atoms with E-state index in [1.54, 1.807) is 4.90 Å². The molecular weight excluding hydrogens is 270 g/mol. The highest BCUT2D eigenvalue weighted by atomic mass is 16.6. The van der Waals surface area contributed by atoms with Crippen molar-refractivity contribution < 1.29 is 19.0 Å². The quantitative estimate of drug-likeness (QED) is 0.803. The molecule has 1 saturated heterocycles. The maximum atomic E-state index is 12.2. The summed E-state index contributed by atoms with van der Waals surface area (Å²) in [6.45, 7) is 7.86. The number of nitrogens with zero attached hydrogens (tertiary/aromatic N) is 1. The van der Waals surface area contributed by atoms with E-state index in [2.05, 4.69) is 0 Å². The summed E-state index contributed by atoms with van der Waals surface area (Å²) in [5.74, 6) is 0.626. The van der Waals surface area contributed by atoms with Crippen LogP contribution in [0.1, 0.15) is 52.9 Å². The minimum Gasteiger partial charge on any atom is -0.444 e. The van der Waals surface area contributed by atoms with Crippen LogP contribution in [0.4, 0.5) is 4.79 Å². The van der Waals surface area contributed by atoms with Crippen molar-refractivity contribution in [1.82, 2.24) is 4.90 Å². The number of morpholine rings is 1. The lowest BCUT2D eigenvalue weighted by atomic mass is 9.90. The zero-order chi connectivity index (χ0) is 15.3. The second-order valence-electron chi connectivity index (χ2n) is 7.04. The SMILES string of the molecule is CC(C)(C)OC(=O)N1CCOCC1OCC1CCCCC1. The first-order valence-electron chi connectivity index (χ1n) is 8.15. The zero-order valence-electron chi connectivity index (χ0n) is 13.6. The molecule has 2 aliphatic rings. The molecule has 0 aromatic carbocycles. The van der Waals surface area contributed by atoms with Gasteiger partial charge in [0.1, 0.15) is 5.60 Å². The van der Waals surface area contributed by atoms with Crippen molar-refractivity contribution >= 4 is 6.09 Å². The Bertz CT molecular complexity index is 334. The average molecular weight is 299 g/mol. The van der Waals surface area contributed by atoms with Crippen molar-refractivity contribution in [2.24, 2.45) is 5.92 Å². The Kier molecular flexibility index (Phi) is 5.88. The number of hydrogen-bond donors (Lipinski definition) is 0. The van der Waals surface area contributed by atoms with Gasteiger partial charge in [0.2, 0.25) is 0 Å². The van der Waals surface area contributed by atoms with Gasteiger partial charge in [-0.05, 0) is 39.5 Å². The largest absolute Gasteiger partial charge is 0.444 e. The van der Waals surface area contributed by atoms with Crippen molar-refractivity contribution in [3.05, 3.63) is 0 Å². The smallest absolute Gasteiger partial charge is 0.412 e. The first-order chi connectivity index (χ1) is 9.96. The Morgan fingerprint density at radius 2 is 1.95 bits per heavy atom. The van der Waals surface area contributed by atoms with Crippen molar-refractivity contribution in [3.63, 3.8) is 0 Å². The van der Waals surface area contributed by atoms with E-state index in [-0.39, 0.29) is 12.3 Å². The minimum absolute atomic E-state index is 0.306. The van der Waals surface area contributed by atoms with E-state index in [1.807, 2.05) is 20.8 Å². The van der Waals surface area contributed by atoms with Gasteiger partial charge in [-0.25, -0.2) is 4.79 Å². The predicted molar refractivity (Wildman–Crippen MR) is 80.1 cm³/mol. The number of hydrogen-bond acceptors (Lipinski definition) is 4. The summed E-state index contributed by atoms with van der Waals surface area (Å²) in [7, 11) is 0. The van der Waals surface area contributed by atoms with Crippen molar-refractivity contribution in [2.75, 3.05) is 26.4 Å². The summed E-state index contributed by atoms with van der Waals surface area (Å²) in [6, 6.07) is 0. The maximum absolute atomic E-state index is 12.2. The van der Waals surface area contributed by atoms with E-state index in [4.69, 9.17) is 14.2 Å². The summed E-state index contributed by atoms with van der Waals surface area (Å²) < 4.78 is 16.9. The minimum atomic E-state index is -0.483. The van der Waals surface area contributed by atoms with Gasteiger partial charge in [0.05, 0.1) is 26.4 Å². The van der Waals surface area contributed by atoms with Gasteiger partial charge in [-0.3, -0.25) is 4.90 Å². The van der Waals surface area contributed by atoms with E-state index in [1.165, 1.54) is 32.1 Å². The maximum Gasteiger partial charge on any atom is 0.412 e. The molecule has 1 unspecified atom stereocenters. The molecule has 0 aromatic rings. The van der Waals surface area contributed by atoms with Crippen LogP contribution >= 0.6 is 0 Å². The number of carbonyl (C=O) groups excluding carboxylic acids is 1. The summed E-state index contributed by atoms with van der Waals surface area (Å²) in [5, 5.41) is 0. The highest BCUT2D eigenvalue weighted by Crippen LogP contribution is 2.25. The summed E-state index contributed by atoms with van der Waals surface area (Å²) in [5.41, 5.74) is -0.483. The molecule has 1 amide bonds. The van der Waals surface area contributed by atoms with E-state index in [0.29, 0.717) is 32.3 Å². The van der Waals surface area contributed by atoms with Gasteiger partial charge in [-0.15, -0.1) is 0 Å². The van der Waals surface area contributed by atoms with Crippen LogP contribution in [-0.2, 0) is 14.2 Å². The summed E-state index contributed by atoms with van der Waals surface area (Å²) >= 11 is 0. The van der Waals surface area contributed by atoms with E-state index < -0.39 is 5.60 Å². The Balaban J connectivity index is 1.84. The highest BCUT2D eigenvalue weighted by Gasteiger charge is 2.32. The van der Waals surface area contributed by atoms with Gasteiger partial charge in [0.25, 0.3) is 0 Å². The lowest BCUT2D eigenvalue weighted by Gasteiger charge is -2.37. The Hall–Kier alpha value is -0.810. The molecule has 2 fully saturated rings. The second-order valence-corrected chi connectivity index (χ2v) is 7.04. The molecule has 1 saturated carbocycles. The van der Waals surface area contributed by atoms with Crippen LogP contribution in [-0.4, -0.2) is 49.2 Å². The molecular formula is C16H29NO4. The van der Waals surface area contributed by atoms with E-state index in [0.717, 1.165) is 0 Å². The summed E-state index contributed by atoms with van der Waals surface area (Å²) in [6.07, 6.45) is 5.79. The Morgan fingerprint density at radius 1 is 1.24 bits per heavy atom. The number of amides is 1. The molecule has 122 valence electrons. The average Bonchev–Trinajstić information content (AvgIpc) is 2.45. The van der Waals surface area contributed by atoms with Crippen molar-refractivity contribution in [1.29, 1.82) is 0 Å². The molecule has 21 heavy (non-hydrogen) atoms. The molecule has 5 nitrogen and oxygen atoms in total. The van der Waals surface area contributed by atoms with Crippen LogP contribution in [0.2, 0.25) is 0 Å². The number of carbonyl (C=O) groups is 1. The predicted octanol–water partition coefficient (Wildman–Crippen LogP) is 3.18. The monoisotopic (exact) mass is 299 g/mol. The third kappa shape index (κ3) is 5.47. The molecule has 2 rings (SSSR count). The van der Waals surface area contributed by atoms with Crippen LogP contribution in [0.3, 0.4) is 0 Å².